The zero-order valence-corrected chi connectivity index (χ0v) is 9.17. The SMILES string of the molecule is N#Cc1ncccc1NCCn1cc(N)cn1. The molecule has 0 aromatic carbocycles. The number of hydrogen-bond acceptors (Lipinski definition) is 5. The van der Waals surface area contributed by atoms with Gasteiger partial charge in [0.15, 0.2) is 5.69 Å². The van der Waals surface area contributed by atoms with Crippen molar-refractivity contribution in [2.75, 3.05) is 17.6 Å². The van der Waals surface area contributed by atoms with Crippen LogP contribution < -0.4 is 11.1 Å². The maximum Gasteiger partial charge on any atom is 0.163 e. The van der Waals surface area contributed by atoms with E-state index < -0.39 is 0 Å². The van der Waals surface area contributed by atoms with E-state index in [9.17, 15) is 0 Å². The maximum absolute atomic E-state index is 8.85. The molecule has 0 aliphatic heterocycles. The monoisotopic (exact) mass is 228 g/mol. The number of nitrogens with one attached hydrogen (secondary N) is 1. The lowest BCUT2D eigenvalue weighted by Gasteiger charge is -2.06. The van der Waals surface area contributed by atoms with E-state index in [0.29, 0.717) is 24.5 Å². The van der Waals surface area contributed by atoms with Gasteiger partial charge < -0.3 is 11.1 Å². The van der Waals surface area contributed by atoms with Gasteiger partial charge in [-0.05, 0) is 12.1 Å². The summed E-state index contributed by atoms with van der Waals surface area (Å²) in [6, 6.07) is 5.64. The summed E-state index contributed by atoms with van der Waals surface area (Å²) in [6.45, 7) is 1.33. The predicted octanol–water partition coefficient (Wildman–Crippen LogP) is 0.844. The van der Waals surface area contributed by atoms with Gasteiger partial charge in [0.05, 0.1) is 24.1 Å². The topological polar surface area (TPSA) is 92.5 Å². The van der Waals surface area contributed by atoms with Crippen molar-refractivity contribution >= 4 is 11.4 Å². The average Bonchev–Trinajstić information content (AvgIpc) is 2.76. The molecule has 3 N–H and O–H groups in total. The fourth-order valence-electron chi connectivity index (χ4n) is 1.44. The van der Waals surface area contributed by atoms with Crippen LogP contribution in [0.25, 0.3) is 0 Å². The second-order valence-electron chi connectivity index (χ2n) is 3.47. The smallest absolute Gasteiger partial charge is 0.163 e. The van der Waals surface area contributed by atoms with Crippen LogP contribution in [-0.2, 0) is 6.54 Å². The minimum absolute atomic E-state index is 0.396. The zero-order valence-electron chi connectivity index (χ0n) is 9.17. The minimum Gasteiger partial charge on any atom is -0.396 e. The molecular weight excluding hydrogens is 216 g/mol. The van der Waals surface area contributed by atoms with Crippen LogP contribution in [-0.4, -0.2) is 21.3 Å². The van der Waals surface area contributed by atoms with Crippen molar-refractivity contribution in [3.05, 3.63) is 36.4 Å². The highest BCUT2D eigenvalue weighted by atomic mass is 15.3. The highest BCUT2D eigenvalue weighted by Crippen LogP contribution is 2.10. The zero-order chi connectivity index (χ0) is 12.1. The number of anilines is 2. The first-order valence-corrected chi connectivity index (χ1v) is 5.16. The van der Waals surface area contributed by atoms with E-state index in [4.69, 9.17) is 11.0 Å². The Balaban J connectivity index is 1.92. The molecule has 0 unspecified atom stereocenters. The summed E-state index contributed by atoms with van der Waals surface area (Å²) in [5.74, 6) is 0. The van der Waals surface area contributed by atoms with Gasteiger partial charge >= 0.3 is 0 Å². The standard InChI is InChI=1S/C11H12N6/c12-6-11-10(2-1-3-14-11)15-4-5-17-8-9(13)7-16-17/h1-3,7-8,15H,4-5,13H2. The molecule has 0 fully saturated rings. The van der Waals surface area contributed by atoms with E-state index >= 15 is 0 Å². The molecule has 17 heavy (non-hydrogen) atoms. The summed E-state index contributed by atoms with van der Waals surface area (Å²) in [5, 5.41) is 16.0. The first-order valence-electron chi connectivity index (χ1n) is 5.16. The van der Waals surface area contributed by atoms with Crippen molar-refractivity contribution in [3.63, 3.8) is 0 Å². The summed E-state index contributed by atoms with van der Waals surface area (Å²) in [6.07, 6.45) is 4.96. The number of nitrogen functional groups attached to an aromatic ring is 1. The summed E-state index contributed by atoms with van der Waals surface area (Å²) in [7, 11) is 0. The van der Waals surface area contributed by atoms with E-state index in [1.165, 1.54) is 0 Å². The van der Waals surface area contributed by atoms with Gasteiger partial charge in [0, 0.05) is 18.9 Å². The average molecular weight is 228 g/mol. The molecule has 0 saturated heterocycles. The lowest BCUT2D eigenvalue weighted by atomic mass is 10.3. The van der Waals surface area contributed by atoms with Gasteiger partial charge in [0.1, 0.15) is 6.07 Å². The van der Waals surface area contributed by atoms with Crippen LogP contribution in [0.1, 0.15) is 5.69 Å². The first kappa shape index (κ1) is 11.0. The fraction of sp³-hybridized carbons (Fsp3) is 0.182. The summed E-state index contributed by atoms with van der Waals surface area (Å²) in [5.41, 5.74) is 7.32. The van der Waals surface area contributed by atoms with Crippen LogP contribution in [0.3, 0.4) is 0 Å². The Morgan fingerprint density at radius 1 is 1.53 bits per heavy atom. The number of nitriles is 1. The van der Waals surface area contributed by atoms with Crippen LogP contribution in [0.5, 0.6) is 0 Å². The lowest BCUT2D eigenvalue weighted by molar-refractivity contribution is 0.638. The summed E-state index contributed by atoms with van der Waals surface area (Å²) in [4.78, 5) is 3.96. The van der Waals surface area contributed by atoms with E-state index in [2.05, 4.69) is 15.4 Å². The quantitative estimate of drug-likeness (QED) is 0.809. The highest BCUT2D eigenvalue weighted by Gasteiger charge is 2.01. The van der Waals surface area contributed by atoms with Crippen LogP contribution in [0.2, 0.25) is 0 Å². The molecule has 0 atom stereocenters. The Morgan fingerprint density at radius 2 is 2.41 bits per heavy atom. The summed E-state index contributed by atoms with van der Waals surface area (Å²) >= 11 is 0. The molecule has 0 amide bonds. The molecule has 6 nitrogen and oxygen atoms in total. The third-order valence-electron chi connectivity index (χ3n) is 2.22. The van der Waals surface area contributed by atoms with Crippen LogP contribution >= 0.6 is 0 Å². The van der Waals surface area contributed by atoms with Crippen molar-refractivity contribution in [1.82, 2.24) is 14.8 Å². The number of aromatic nitrogens is 3. The normalized spacial score (nSPS) is 9.82. The highest BCUT2D eigenvalue weighted by molar-refractivity contribution is 5.53. The molecule has 0 bridgehead atoms. The Kier molecular flexibility index (Phi) is 3.21. The van der Waals surface area contributed by atoms with E-state index in [1.807, 2.05) is 12.1 Å². The Hall–Kier alpha value is -2.55. The molecule has 2 rings (SSSR count). The molecule has 86 valence electrons. The second-order valence-corrected chi connectivity index (χ2v) is 3.47. The molecule has 2 aromatic heterocycles. The van der Waals surface area contributed by atoms with Crippen molar-refractivity contribution in [2.45, 2.75) is 6.54 Å². The van der Waals surface area contributed by atoms with Crippen molar-refractivity contribution in [1.29, 1.82) is 5.26 Å². The van der Waals surface area contributed by atoms with Crippen molar-refractivity contribution in [3.8, 4) is 6.07 Å². The lowest BCUT2D eigenvalue weighted by Crippen LogP contribution is -2.11. The molecular formula is C11H12N6. The van der Waals surface area contributed by atoms with E-state index in [-0.39, 0.29) is 0 Å². The molecule has 0 aliphatic rings. The number of nitrogens with zero attached hydrogens (tertiary/aromatic N) is 4. The van der Waals surface area contributed by atoms with Gasteiger partial charge in [-0.3, -0.25) is 4.68 Å². The molecule has 0 spiro atoms. The molecule has 2 aromatic rings. The third-order valence-corrected chi connectivity index (χ3v) is 2.22. The van der Waals surface area contributed by atoms with Crippen LogP contribution in [0, 0.1) is 11.3 Å². The Labute approximate surface area is 98.7 Å². The predicted molar refractivity (Wildman–Crippen MR) is 64.1 cm³/mol. The van der Waals surface area contributed by atoms with Gasteiger partial charge in [-0.25, -0.2) is 4.98 Å². The number of pyridine rings is 1. The van der Waals surface area contributed by atoms with Crippen LogP contribution in [0.15, 0.2) is 30.7 Å². The van der Waals surface area contributed by atoms with E-state index in [0.717, 1.165) is 5.69 Å². The molecule has 2 heterocycles. The summed E-state index contributed by atoms with van der Waals surface area (Å²) < 4.78 is 1.74. The van der Waals surface area contributed by atoms with Crippen molar-refractivity contribution < 1.29 is 0 Å². The fourth-order valence-corrected chi connectivity index (χ4v) is 1.44. The van der Waals surface area contributed by atoms with Crippen LogP contribution in [0.4, 0.5) is 11.4 Å². The van der Waals surface area contributed by atoms with Gasteiger partial charge in [-0.1, -0.05) is 0 Å². The minimum atomic E-state index is 0.396. The molecule has 0 aliphatic carbocycles. The number of rotatable bonds is 4. The van der Waals surface area contributed by atoms with Gasteiger partial charge in [-0.2, -0.15) is 10.4 Å². The largest absolute Gasteiger partial charge is 0.396 e. The number of nitrogens with two attached hydrogens (primary N) is 1. The first-order chi connectivity index (χ1) is 8.29. The third kappa shape index (κ3) is 2.72. The number of hydrogen-bond donors (Lipinski definition) is 2. The molecule has 6 heteroatoms. The van der Waals surface area contributed by atoms with E-state index in [1.54, 1.807) is 29.3 Å². The molecule has 0 saturated carbocycles. The van der Waals surface area contributed by atoms with Gasteiger partial charge in [-0.15, -0.1) is 0 Å². The molecule has 0 radical (unpaired) electrons. The van der Waals surface area contributed by atoms with Gasteiger partial charge in [0.25, 0.3) is 0 Å². The maximum atomic E-state index is 8.85. The Bertz CT molecular complexity index is 539. The van der Waals surface area contributed by atoms with Gasteiger partial charge in [0.2, 0.25) is 0 Å². The Morgan fingerprint density at radius 3 is 3.12 bits per heavy atom. The van der Waals surface area contributed by atoms with Crippen molar-refractivity contribution in [2.24, 2.45) is 0 Å². The second kappa shape index (κ2) is 4.99.